The summed E-state index contributed by atoms with van der Waals surface area (Å²) < 4.78 is 15.0. The second kappa shape index (κ2) is 9.77. The van der Waals surface area contributed by atoms with Crippen LogP contribution in [0.5, 0.6) is 0 Å². The number of hydrogen-bond acceptors (Lipinski definition) is 4. The lowest BCUT2D eigenvalue weighted by Crippen LogP contribution is -2.55. The van der Waals surface area contributed by atoms with Gasteiger partial charge in [-0.05, 0) is 61.1 Å². The summed E-state index contributed by atoms with van der Waals surface area (Å²) >= 11 is 1.60. The number of halogens is 1. The number of anilines is 1. The van der Waals surface area contributed by atoms with Gasteiger partial charge in [0.25, 0.3) is 5.56 Å². The maximum Gasteiger partial charge on any atom is 0.318 e. The summed E-state index contributed by atoms with van der Waals surface area (Å²) in [4.78, 5) is 39.9. The number of rotatable bonds is 6. The summed E-state index contributed by atoms with van der Waals surface area (Å²) in [6.45, 7) is 1.68. The number of benzene rings is 1. The van der Waals surface area contributed by atoms with Gasteiger partial charge in [0.2, 0.25) is 5.91 Å². The van der Waals surface area contributed by atoms with E-state index in [0.29, 0.717) is 37.5 Å². The van der Waals surface area contributed by atoms with Gasteiger partial charge in [-0.15, -0.1) is 0 Å². The minimum atomic E-state index is -0.698. The van der Waals surface area contributed by atoms with Crippen molar-refractivity contribution in [1.29, 1.82) is 0 Å². The molecule has 0 saturated carbocycles. The van der Waals surface area contributed by atoms with Crippen LogP contribution in [0.25, 0.3) is 0 Å². The van der Waals surface area contributed by atoms with Gasteiger partial charge in [-0.2, -0.15) is 11.8 Å². The Balaban J connectivity index is 1.43. The minimum absolute atomic E-state index is 0.00435. The molecule has 1 aromatic heterocycles. The summed E-state index contributed by atoms with van der Waals surface area (Å²) in [6.07, 6.45) is 3.38. The van der Waals surface area contributed by atoms with E-state index in [4.69, 9.17) is 0 Å². The van der Waals surface area contributed by atoms with Crippen LogP contribution >= 0.6 is 11.8 Å². The maximum atomic E-state index is 13.1. The maximum absolute atomic E-state index is 13.1. The highest BCUT2D eigenvalue weighted by Crippen LogP contribution is 2.34. The number of likely N-dealkylation sites (tertiary alicyclic amines) is 1. The molecule has 3 unspecified atom stereocenters. The smallest absolute Gasteiger partial charge is 0.318 e. The molecule has 0 radical (unpaired) electrons. The second-order valence-corrected chi connectivity index (χ2v) is 9.37. The van der Waals surface area contributed by atoms with Crippen molar-refractivity contribution >= 4 is 29.4 Å². The van der Waals surface area contributed by atoms with Gasteiger partial charge in [-0.1, -0.05) is 6.07 Å². The minimum Gasteiger partial charge on any atom is -0.326 e. The number of thioether (sulfide) groups is 1. The van der Waals surface area contributed by atoms with E-state index in [1.807, 2.05) is 16.9 Å². The Bertz CT molecular complexity index is 1040. The number of amides is 3. The highest BCUT2D eigenvalue weighted by atomic mass is 32.2. The summed E-state index contributed by atoms with van der Waals surface area (Å²) in [5.74, 6) is 0.330. The van der Waals surface area contributed by atoms with Gasteiger partial charge in [0.1, 0.15) is 11.9 Å². The van der Waals surface area contributed by atoms with Crippen molar-refractivity contribution in [3.63, 3.8) is 0 Å². The van der Waals surface area contributed by atoms with E-state index in [1.165, 1.54) is 24.3 Å². The highest BCUT2D eigenvalue weighted by Gasteiger charge is 2.37. The van der Waals surface area contributed by atoms with Crippen LogP contribution in [0.15, 0.2) is 47.3 Å². The molecular formula is C23H27FN4O3S. The van der Waals surface area contributed by atoms with Crippen molar-refractivity contribution < 1.29 is 14.0 Å². The topological polar surface area (TPSA) is 83.4 Å². The lowest BCUT2D eigenvalue weighted by molar-refractivity contribution is -0.118. The number of carbonyl (C=O) groups excluding carboxylic acids is 2. The molecule has 2 aliphatic rings. The zero-order valence-corrected chi connectivity index (χ0v) is 18.7. The number of pyridine rings is 1. The fourth-order valence-electron chi connectivity index (χ4n) is 4.57. The van der Waals surface area contributed by atoms with Gasteiger partial charge in [-0.25, -0.2) is 9.18 Å². The molecule has 1 saturated heterocycles. The third-order valence-electron chi connectivity index (χ3n) is 6.10. The summed E-state index contributed by atoms with van der Waals surface area (Å²) in [5.41, 5.74) is 1.46. The highest BCUT2D eigenvalue weighted by molar-refractivity contribution is 7.98. The Labute approximate surface area is 190 Å². The molecule has 2 aliphatic heterocycles. The first-order valence-electron chi connectivity index (χ1n) is 10.7. The number of piperidine rings is 1. The van der Waals surface area contributed by atoms with Crippen LogP contribution in [-0.4, -0.2) is 52.5 Å². The van der Waals surface area contributed by atoms with Gasteiger partial charge in [-0.3, -0.25) is 9.59 Å². The third kappa shape index (κ3) is 4.98. The number of aromatic nitrogens is 1. The first-order valence-corrected chi connectivity index (χ1v) is 12.1. The molecule has 3 atom stereocenters. The zero-order valence-electron chi connectivity index (χ0n) is 17.9. The Morgan fingerprint density at radius 3 is 2.69 bits per heavy atom. The average molecular weight is 459 g/mol. The lowest BCUT2D eigenvalue weighted by atomic mass is 9.83. The monoisotopic (exact) mass is 458 g/mol. The fourth-order valence-corrected chi connectivity index (χ4v) is 5.04. The summed E-state index contributed by atoms with van der Waals surface area (Å²) in [6, 6.07) is 9.88. The molecule has 32 heavy (non-hydrogen) atoms. The first-order chi connectivity index (χ1) is 15.4. The van der Waals surface area contributed by atoms with Crippen LogP contribution in [-0.2, 0) is 11.3 Å². The summed E-state index contributed by atoms with van der Waals surface area (Å²) in [5, 5.41) is 5.66. The number of nitrogens with zero attached hydrogens (tertiary/aromatic N) is 2. The predicted octanol–water partition coefficient (Wildman–Crippen LogP) is 2.88. The predicted molar refractivity (Wildman–Crippen MR) is 123 cm³/mol. The van der Waals surface area contributed by atoms with Crippen LogP contribution in [0.2, 0.25) is 0 Å². The molecule has 4 rings (SSSR count). The molecule has 3 amide bonds. The lowest BCUT2D eigenvalue weighted by Gasteiger charge is -2.43. The number of fused-ring (bicyclic) bond motifs is 4. The molecule has 0 spiro atoms. The van der Waals surface area contributed by atoms with E-state index in [-0.39, 0.29) is 35.2 Å². The number of urea groups is 1. The molecule has 2 bridgehead atoms. The molecule has 2 N–H and O–H groups in total. The van der Waals surface area contributed by atoms with Crippen LogP contribution in [0, 0.1) is 11.7 Å². The Morgan fingerprint density at radius 1 is 1.16 bits per heavy atom. The molecule has 0 aliphatic carbocycles. The number of carbonyl (C=O) groups is 2. The van der Waals surface area contributed by atoms with Gasteiger partial charge in [0.15, 0.2) is 0 Å². The zero-order chi connectivity index (χ0) is 22.7. The Kier molecular flexibility index (Phi) is 6.83. The molecule has 170 valence electrons. The van der Waals surface area contributed by atoms with E-state index in [1.54, 1.807) is 28.8 Å². The van der Waals surface area contributed by atoms with E-state index in [2.05, 4.69) is 10.6 Å². The van der Waals surface area contributed by atoms with Gasteiger partial charge in [0.05, 0.1) is 0 Å². The quantitative estimate of drug-likeness (QED) is 0.697. The number of nitrogens with one attached hydrogen (secondary N) is 2. The van der Waals surface area contributed by atoms with Gasteiger partial charge in [0, 0.05) is 43.0 Å². The number of hydrogen-bond donors (Lipinski definition) is 2. The summed E-state index contributed by atoms with van der Waals surface area (Å²) in [7, 11) is 0. The van der Waals surface area contributed by atoms with E-state index in [9.17, 15) is 18.8 Å². The van der Waals surface area contributed by atoms with Crippen molar-refractivity contribution in [2.45, 2.75) is 31.3 Å². The molecule has 7 nitrogen and oxygen atoms in total. The largest absolute Gasteiger partial charge is 0.326 e. The van der Waals surface area contributed by atoms with Crippen molar-refractivity contribution in [2.24, 2.45) is 5.92 Å². The van der Waals surface area contributed by atoms with Crippen molar-refractivity contribution in [3.8, 4) is 0 Å². The van der Waals surface area contributed by atoms with Crippen LogP contribution < -0.4 is 16.2 Å². The fraction of sp³-hybridized carbons (Fsp3) is 0.435. The van der Waals surface area contributed by atoms with E-state index < -0.39 is 6.04 Å². The van der Waals surface area contributed by atoms with Crippen molar-refractivity contribution in [1.82, 2.24) is 14.8 Å². The SMILES string of the molecule is CSCCC(NC(=O)N1CC2CC(C1)c1cccc(=O)n1C2)C(=O)Nc1ccc(F)cc1. The van der Waals surface area contributed by atoms with Crippen LogP contribution in [0.3, 0.4) is 0 Å². The van der Waals surface area contributed by atoms with Crippen molar-refractivity contribution in [2.75, 3.05) is 30.4 Å². The molecule has 3 heterocycles. The third-order valence-corrected chi connectivity index (χ3v) is 6.75. The average Bonchev–Trinajstić information content (AvgIpc) is 2.78. The molecule has 9 heteroatoms. The van der Waals surface area contributed by atoms with Gasteiger partial charge < -0.3 is 20.1 Å². The molecule has 2 aromatic rings. The van der Waals surface area contributed by atoms with Crippen molar-refractivity contribution in [3.05, 3.63) is 64.3 Å². The second-order valence-electron chi connectivity index (χ2n) is 8.38. The molecule has 1 fully saturated rings. The standard InChI is InChI=1S/C23H27FN4O3S/c1-32-10-9-19(22(30)25-18-7-5-17(24)6-8-18)26-23(31)27-12-15-11-16(14-27)20-3-2-4-21(29)28(20)13-15/h2-8,15-16,19H,9-14H2,1H3,(H,25,30)(H,26,31). The molecule has 1 aromatic carbocycles. The van der Waals surface area contributed by atoms with Gasteiger partial charge >= 0.3 is 6.03 Å². The van der Waals surface area contributed by atoms with Crippen LogP contribution in [0.1, 0.15) is 24.5 Å². The Hall–Kier alpha value is -2.81. The normalized spacial score (nSPS) is 20.2. The van der Waals surface area contributed by atoms with Crippen LogP contribution in [0.4, 0.5) is 14.9 Å². The Morgan fingerprint density at radius 2 is 1.94 bits per heavy atom. The van der Waals surface area contributed by atoms with E-state index in [0.717, 1.165) is 12.1 Å². The van der Waals surface area contributed by atoms with E-state index >= 15 is 0 Å². The molecular weight excluding hydrogens is 431 g/mol. The first kappa shape index (κ1) is 22.4.